The lowest BCUT2D eigenvalue weighted by Gasteiger charge is -2.25. The molecule has 0 spiro atoms. The first-order valence-corrected chi connectivity index (χ1v) is 5.38. The summed E-state index contributed by atoms with van der Waals surface area (Å²) in [5, 5.41) is 19.0. The topological polar surface area (TPSA) is 66.5 Å². The summed E-state index contributed by atoms with van der Waals surface area (Å²) in [7, 11) is 0. The Bertz CT molecular complexity index is 357. The molecule has 0 saturated heterocycles. The van der Waals surface area contributed by atoms with Crippen LogP contribution >= 0.6 is 0 Å². The van der Waals surface area contributed by atoms with Crippen molar-refractivity contribution in [1.29, 1.82) is 0 Å². The number of aliphatic hydroxyl groups excluding tert-OH is 1. The molecule has 4 N–H and O–H groups in total. The largest absolute Gasteiger partial charge is 0.507 e. The van der Waals surface area contributed by atoms with Gasteiger partial charge < -0.3 is 15.9 Å². The van der Waals surface area contributed by atoms with Gasteiger partial charge in [-0.2, -0.15) is 0 Å². The molecule has 2 rings (SSSR count). The van der Waals surface area contributed by atoms with Crippen molar-refractivity contribution in [3.8, 4) is 5.75 Å². The maximum absolute atomic E-state index is 9.97. The summed E-state index contributed by atoms with van der Waals surface area (Å²) in [6, 6.07) is 5.42. The summed E-state index contributed by atoms with van der Waals surface area (Å²) in [6.45, 7) is -0.143. The van der Waals surface area contributed by atoms with Crippen molar-refractivity contribution in [2.24, 2.45) is 5.73 Å². The average molecular weight is 207 g/mol. The van der Waals surface area contributed by atoms with Gasteiger partial charge in [0, 0.05) is 16.7 Å². The van der Waals surface area contributed by atoms with Crippen LogP contribution in [0.1, 0.15) is 36.8 Å². The summed E-state index contributed by atoms with van der Waals surface area (Å²) >= 11 is 0. The van der Waals surface area contributed by atoms with Crippen molar-refractivity contribution in [1.82, 2.24) is 0 Å². The second-order valence-corrected chi connectivity index (χ2v) is 4.33. The van der Waals surface area contributed by atoms with Crippen LogP contribution in [0.4, 0.5) is 0 Å². The van der Waals surface area contributed by atoms with Crippen molar-refractivity contribution in [2.45, 2.75) is 37.8 Å². The second kappa shape index (κ2) is 3.83. The Balaban J connectivity index is 2.43. The number of benzene rings is 1. The molecular formula is C12H17NO2. The van der Waals surface area contributed by atoms with E-state index in [-0.39, 0.29) is 12.4 Å². The first-order chi connectivity index (χ1) is 7.17. The van der Waals surface area contributed by atoms with Gasteiger partial charge in [-0.3, -0.25) is 0 Å². The Morgan fingerprint density at radius 1 is 1.27 bits per heavy atom. The third-order valence-corrected chi connectivity index (χ3v) is 3.32. The molecule has 82 valence electrons. The summed E-state index contributed by atoms with van der Waals surface area (Å²) in [4.78, 5) is 0. The number of hydrogen-bond donors (Lipinski definition) is 3. The quantitative estimate of drug-likeness (QED) is 0.690. The summed E-state index contributed by atoms with van der Waals surface area (Å²) in [5.74, 6) is 0.171. The summed E-state index contributed by atoms with van der Waals surface area (Å²) in [6.07, 6.45) is 4.05. The highest BCUT2D eigenvalue weighted by molar-refractivity contribution is 5.44. The lowest BCUT2D eigenvalue weighted by molar-refractivity contribution is 0.274. The molecule has 1 aromatic carbocycles. The first kappa shape index (κ1) is 10.5. The van der Waals surface area contributed by atoms with Gasteiger partial charge in [-0.05, 0) is 12.8 Å². The third-order valence-electron chi connectivity index (χ3n) is 3.32. The maximum atomic E-state index is 9.97. The molecule has 0 bridgehead atoms. The van der Waals surface area contributed by atoms with Crippen molar-refractivity contribution >= 4 is 0 Å². The number of phenols is 1. The monoisotopic (exact) mass is 207 g/mol. The second-order valence-electron chi connectivity index (χ2n) is 4.33. The zero-order chi connectivity index (χ0) is 10.9. The molecule has 0 aromatic heterocycles. The molecule has 15 heavy (non-hydrogen) atoms. The van der Waals surface area contributed by atoms with Crippen LogP contribution in [0, 0.1) is 0 Å². The van der Waals surface area contributed by atoms with E-state index in [1.807, 2.05) is 12.1 Å². The normalized spacial score (nSPS) is 19.3. The predicted molar refractivity (Wildman–Crippen MR) is 58.4 cm³/mol. The molecule has 3 nitrogen and oxygen atoms in total. The van der Waals surface area contributed by atoms with E-state index in [1.54, 1.807) is 6.07 Å². The number of rotatable bonds is 2. The Kier molecular flexibility index (Phi) is 2.67. The smallest absolute Gasteiger partial charge is 0.126 e. The minimum Gasteiger partial charge on any atom is -0.507 e. The number of para-hydroxylation sites is 1. The highest BCUT2D eigenvalue weighted by atomic mass is 16.3. The Hall–Kier alpha value is -1.06. The van der Waals surface area contributed by atoms with Gasteiger partial charge in [0.15, 0.2) is 0 Å². The van der Waals surface area contributed by atoms with Gasteiger partial charge in [-0.25, -0.2) is 0 Å². The molecule has 1 fully saturated rings. The van der Waals surface area contributed by atoms with E-state index in [0.29, 0.717) is 5.56 Å². The van der Waals surface area contributed by atoms with Gasteiger partial charge in [0.25, 0.3) is 0 Å². The third kappa shape index (κ3) is 1.73. The van der Waals surface area contributed by atoms with Crippen molar-refractivity contribution in [3.63, 3.8) is 0 Å². The number of hydrogen-bond acceptors (Lipinski definition) is 3. The van der Waals surface area contributed by atoms with Crippen LogP contribution in [0.2, 0.25) is 0 Å². The Morgan fingerprint density at radius 3 is 2.53 bits per heavy atom. The highest BCUT2D eigenvalue weighted by Gasteiger charge is 2.33. The lowest BCUT2D eigenvalue weighted by atomic mass is 9.87. The molecule has 1 aromatic rings. The number of aromatic hydroxyl groups is 1. The molecule has 0 heterocycles. The molecule has 0 unspecified atom stereocenters. The van der Waals surface area contributed by atoms with E-state index >= 15 is 0 Å². The van der Waals surface area contributed by atoms with Crippen LogP contribution in [0.25, 0.3) is 0 Å². The van der Waals surface area contributed by atoms with Crippen LogP contribution in [-0.4, -0.2) is 10.2 Å². The SMILES string of the molecule is NC1(c2cccc(CO)c2O)CCCC1. The van der Waals surface area contributed by atoms with Crippen LogP contribution in [-0.2, 0) is 12.1 Å². The van der Waals surface area contributed by atoms with E-state index in [1.165, 1.54) is 0 Å². The van der Waals surface area contributed by atoms with E-state index in [4.69, 9.17) is 10.8 Å². The molecule has 0 amide bonds. The predicted octanol–water partition coefficient (Wildman–Crippen LogP) is 1.61. The Labute approximate surface area is 89.5 Å². The molecule has 3 heteroatoms. The molecule has 1 saturated carbocycles. The van der Waals surface area contributed by atoms with Gasteiger partial charge in [-0.15, -0.1) is 0 Å². The number of nitrogens with two attached hydrogens (primary N) is 1. The average Bonchev–Trinajstić information content (AvgIpc) is 2.66. The minimum absolute atomic E-state index is 0.143. The first-order valence-electron chi connectivity index (χ1n) is 5.38. The van der Waals surface area contributed by atoms with Crippen molar-refractivity contribution < 1.29 is 10.2 Å². The molecule has 0 atom stereocenters. The molecule has 1 aliphatic rings. The standard InChI is InChI=1S/C12H17NO2/c13-12(6-1-2-7-12)10-5-3-4-9(8-14)11(10)15/h3-5,14-15H,1-2,6-8,13H2. The van der Waals surface area contributed by atoms with Gasteiger partial charge >= 0.3 is 0 Å². The fourth-order valence-electron chi connectivity index (χ4n) is 2.40. The fourth-order valence-corrected chi connectivity index (χ4v) is 2.40. The lowest BCUT2D eigenvalue weighted by Crippen LogP contribution is -2.33. The van der Waals surface area contributed by atoms with Crippen LogP contribution in [0.15, 0.2) is 18.2 Å². The highest BCUT2D eigenvalue weighted by Crippen LogP contribution is 2.41. The van der Waals surface area contributed by atoms with E-state index in [9.17, 15) is 5.11 Å². The summed E-state index contributed by atoms with van der Waals surface area (Å²) < 4.78 is 0. The van der Waals surface area contributed by atoms with Crippen molar-refractivity contribution in [2.75, 3.05) is 0 Å². The van der Waals surface area contributed by atoms with E-state index < -0.39 is 5.54 Å². The van der Waals surface area contributed by atoms with Gasteiger partial charge in [-0.1, -0.05) is 31.0 Å². The molecule has 0 aliphatic heterocycles. The Morgan fingerprint density at radius 2 is 1.93 bits per heavy atom. The molecular weight excluding hydrogens is 190 g/mol. The van der Waals surface area contributed by atoms with Crippen LogP contribution in [0.3, 0.4) is 0 Å². The van der Waals surface area contributed by atoms with Crippen LogP contribution < -0.4 is 5.73 Å². The van der Waals surface area contributed by atoms with Crippen LogP contribution in [0.5, 0.6) is 5.75 Å². The maximum Gasteiger partial charge on any atom is 0.126 e. The fraction of sp³-hybridized carbons (Fsp3) is 0.500. The minimum atomic E-state index is -0.394. The van der Waals surface area contributed by atoms with E-state index in [0.717, 1.165) is 31.2 Å². The van der Waals surface area contributed by atoms with E-state index in [2.05, 4.69) is 0 Å². The van der Waals surface area contributed by atoms with Gasteiger partial charge in [0.05, 0.1) is 6.61 Å². The zero-order valence-electron chi connectivity index (χ0n) is 8.74. The molecule has 1 aliphatic carbocycles. The number of aliphatic hydroxyl groups is 1. The van der Waals surface area contributed by atoms with Crippen molar-refractivity contribution in [3.05, 3.63) is 29.3 Å². The van der Waals surface area contributed by atoms with Gasteiger partial charge in [0.2, 0.25) is 0 Å². The summed E-state index contributed by atoms with van der Waals surface area (Å²) in [5.41, 5.74) is 7.21. The zero-order valence-corrected chi connectivity index (χ0v) is 8.74. The van der Waals surface area contributed by atoms with Gasteiger partial charge in [0.1, 0.15) is 5.75 Å². The molecule has 0 radical (unpaired) electrons.